The first-order valence-electron chi connectivity index (χ1n) is 11.6. The summed E-state index contributed by atoms with van der Waals surface area (Å²) in [6.45, 7) is 2.95. The molecule has 0 aromatic heterocycles. The van der Waals surface area contributed by atoms with E-state index in [0.29, 0.717) is 18.0 Å². The molecule has 0 unspecified atom stereocenters. The van der Waals surface area contributed by atoms with Crippen LogP contribution in [0.3, 0.4) is 0 Å². The van der Waals surface area contributed by atoms with Gasteiger partial charge in [0.25, 0.3) is 0 Å². The quantitative estimate of drug-likeness (QED) is 0.248. The zero-order valence-electron chi connectivity index (χ0n) is 19.5. The predicted octanol–water partition coefficient (Wildman–Crippen LogP) is 5.99. The van der Waals surface area contributed by atoms with E-state index in [1.165, 1.54) is 11.8 Å². The fraction of sp³-hybridized carbons (Fsp3) is 0.286. The van der Waals surface area contributed by atoms with Gasteiger partial charge in [-0.25, -0.2) is 0 Å². The molecule has 0 heterocycles. The molecule has 0 spiro atoms. The van der Waals surface area contributed by atoms with Crippen LogP contribution in [0.1, 0.15) is 30.9 Å². The van der Waals surface area contributed by atoms with Crippen LogP contribution >= 0.6 is 23.4 Å². The SMILES string of the molecule is CCCCNC(=O)[C@H](Cc1ccccc1)N(Cc1ccccc1Cl)C(=O)CSc1ccccc1. The first kappa shape index (κ1) is 25.9. The molecule has 0 radical (unpaired) electrons. The summed E-state index contributed by atoms with van der Waals surface area (Å²) in [7, 11) is 0. The van der Waals surface area contributed by atoms with E-state index in [4.69, 9.17) is 11.6 Å². The Morgan fingerprint density at radius 3 is 2.26 bits per heavy atom. The van der Waals surface area contributed by atoms with Gasteiger partial charge in [0.2, 0.25) is 11.8 Å². The van der Waals surface area contributed by atoms with E-state index in [0.717, 1.165) is 28.9 Å². The zero-order valence-corrected chi connectivity index (χ0v) is 21.0. The number of unbranched alkanes of at least 4 members (excludes halogenated alkanes) is 1. The third-order valence-corrected chi connectivity index (χ3v) is 6.87. The molecule has 0 fully saturated rings. The number of nitrogens with zero attached hydrogens (tertiary/aromatic N) is 1. The second-order valence-electron chi connectivity index (χ2n) is 8.06. The zero-order chi connectivity index (χ0) is 24.2. The van der Waals surface area contributed by atoms with Crippen LogP contribution < -0.4 is 5.32 Å². The van der Waals surface area contributed by atoms with Crippen molar-refractivity contribution in [2.24, 2.45) is 0 Å². The first-order valence-corrected chi connectivity index (χ1v) is 13.0. The molecule has 178 valence electrons. The molecule has 0 saturated carbocycles. The summed E-state index contributed by atoms with van der Waals surface area (Å²) in [6.07, 6.45) is 2.32. The Bertz CT molecular complexity index is 1050. The molecular formula is C28H31ClN2O2S. The molecule has 4 nitrogen and oxygen atoms in total. The van der Waals surface area contributed by atoms with E-state index in [9.17, 15) is 9.59 Å². The highest BCUT2D eigenvalue weighted by atomic mass is 35.5. The Hall–Kier alpha value is -2.76. The maximum atomic E-state index is 13.6. The average Bonchev–Trinajstić information content (AvgIpc) is 2.87. The van der Waals surface area contributed by atoms with E-state index in [1.807, 2.05) is 84.9 Å². The van der Waals surface area contributed by atoms with Crippen LogP contribution in [0.25, 0.3) is 0 Å². The molecule has 3 aromatic carbocycles. The fourth-order valence-electron chi connectivity index (χ4n) is 3.61. The van der Waals surface area contributed by atoms with E-state index in [2.05, 4.69) is 12.2 Å². The van der Waals surface area contributed by atoms with Gasteiger partial charge in [-0.1, -0.05) is 91.7 Å². The highest BCUT2D eigenvalue weighted by molar-refractivity contribution is 8.00. The maximum Gasteiger partial charge on any atom is 0.243 e. The number of nitrogens with one attached hydrogen (secondary N) is 1. The van der Waals surface area contributed by atoms with Crippen LogP contribution in [0.15, 0.2) is 89.8 Å². The normalized spacial score (nSPS) is 11.6. The standard InChI is InChI=1S/C28H31ClN2O2S/c1-2-3-18-30-28(33)26(19-22-12-6-4-7-13-22)31(20-23-14-10-11-17-25(23)29)27(32)21-34-24-15-8-5-9-16-24/h4-17,26H,2-3,18-21H2,1H3,(H,30,33)/t26-/m0/s1. The van der Waals surface area contributed by atoms with Crippen molar-refractivity contribution in [1.82, 2.24) is 10.2 Å². The minimum absolute atomic E-state index is 0.0969. The third-order valence-electron chi connectivity index (χ3n) is 5.50. The molecule has 6 heteroatoms. The van der Waals surface area contributed by atoms with Gasteiger partial charge in [0.15, 0.2) is 0 Å². The van der Waals surface area contributed by atoms with Crippen molar-refractivity contribution in [3.8, 4) is 0 Å². The van der Waals surface area contributed by atoms with Crippen LogP contribution in [0.2, 0.25) is 5.02 Å². The number of thioether (sulfide) groups is 1. The second kappa shape index (κ2) is 13.8. The number of carbonyl (C=O) groups excluding carboxylic acids is 2. The molecule has 0 aliphatic heterocycles. The van der Waals surface area contributed by atoms with Crippen molar-refractivity contribution in [3.05, 3.63) is 101 Å². The second-order valence-corrected chi connectivity index (χ2v) is 9.52. The summed E-state index contributed by atoms with van der Waals surface area (Å²) in [5.74, 6) is 0.00454. The van der Waals surface area contributed by atoms with Gasteiger partial charge in [0, 0.05) is 29.4 Å². The lowest BCUT2D eigenvalue weighted by Gasteiger charge is -2.32. The molecule has 3 rings (SSSR count). The van der Waals surface area contributed by atoms with Gasteiger partial charge in [-0.15, -0.1) is 11.8 Å². The van der Waals surface area contributed by atoms with Crippen molar-refractivity contribution in [3.63, 3.8) is 0 Å². The van der Waals surface area contributed by atoms with E-state index < -0.39 is 6.04 Å². The molecule has 0 aliphatic carbocycles. The summed E-state index contributed by atoms with van der Waals surface area (Å²) < 4.78 is 0. The summed E-state index contributed by atoms with van der Waals surface area (Å²) >= 11 is 7.92. The minimum Gasteiger partial charge on any atom is -0.354 e. The van der Waals surface area contributed by atoms with Crippen LogP contribution in [0.5, 0.6) is 0 Å². The van der Waals surface area contributed by atoms with Crippen molar-refractivity contribution in [2.45, 2.75) is 43.7 Å². The van der Waals surface area contributed by atoms with Gasteiger partial charge in [-0.2, -0.15) is 0 Å². The Morgan fingerprint density at radius 2 is 1.59 bits per heavy atom. The van der Waals surface area contributed by atoms with Crippen molar-refractivity contribution in [1.29, 1.82) is 0 Å². The van der Waals surface area contributed by atoms with E-state index in [1.54, 1.807) is 4.90 Å². The van der Waals surface area contributed by atoms with Crippen LogP contribution in [-0.2, 0) is 22.6 Å². The lowest BCUT2D eigenvalue weighted by atomic mass is 10.0. The van der Waals surface area contributed by atoms with Gasteiger partial charge in [0.1, 0.15) is 6.04 Å². The number of hydrogen-bond donors (Lipinski definition) is 1. The largest absolute Gasteiger partial charge is 0.354 e. The molecule has 3 aromatic rings. The van der Waals surface area contributed by atoms with Gasteiger partial charge in [0.05, 0.1) is 5.75 Å². The lowest BCUT2D eigenvalue weighted by Crippen LogP contribution is -2.51. The average molecular weight is 495 g/mol. The summed E-state index contributed by atoms with van der Waals surface area (Å²) in [5.41, 5.74) is 1.83. The predicted molar refractivity (Wildman–Crippen MR) is 141 cm³/mol. The molecule has 1 N–H and O–H groups in total. The third kappa shape index (κ3) is 7.93. The van der Waals surface area contributed by atoms with Gasteiger partial charge < -0.3 is 10.2 Å². The van der Waals surface area contributed by atoms with Gasteiger partial charge >= 0.3 is 0 Å². The van der Waals surface area contributed by atoms with Crippen LogP contribution in [-0.4, -0.2) is 35.1 Å². The van der Waals surface area contributed by atoms with Crippen LogP contribution in [0.4, 0.5) is 0 Å². The maximum absolute atomic E-state index is 13.6. The molecule has 0 aliphatic rings. The number of amides is 2. The Morgan fingerprint density at radius 1 is 0.941 bits per heavy atom. The van der Waals surface area contributed by atoms with Gasteiger partial charge in [-0.05, 0) is 35.7 Å². The Kier molecular flexibility index (Phi) is 10.5. The number of hydrogen-bond acceptors (Lipinski definition) is 3. The number of benzene rings is 3. The monoisotopic (exact) mass is 494 g/mol. The Labute approximate surface area is 211 Å². The molecule has 0 saturated heterocycles. The van der Waals surface area contributed by atoms with Crippen molar-refractivity contribution >= 4 is 35.2 Å². The lowest BCUT2D eigenvalue weighted by molar-refractivity contribution is -0.139. The highest BCUT2D eigenvalue weighted by Gasteiger charge is 2.30. The first-order chi connectivity index (χ1) is 16.6. The summed E-state index contributed by atoms with van der Waals surface area (Å²) in [5, 5.41) is 3.62. The molecule has 1 atom stereocenters. The fourth-order valence-corrected chi connectivity index (χ4v) is 4.62. The van der Waals surface area contributed by atoms with Crippen molar-refractivity contribution in [2.75, 3.05) is 12.3 Å². The smallest absolute Gasteiger partial charge is 0.243 e. The molecule has 34 heavy (non-hydrogen) atoms. The van der Waals surface area contributed by atoms with Crippen LogP contribution in [0, 0.1) is 0 Å². The number of halogens is 1. The van der Waals surface area contributed by atoms with E-state index in [-0.39, 0.29) is 24.1 Å². The van der Waals surface area contributed by atoms with Gasteiger partial charge in [-0.3, -0.25) is 9.59 Å². The van der Waals surface area contributed by atoms with Crippen molar-refractivity contribution < 1.29 is 9.59 Å². The van der Waals surface area contributed by atoms with E-state index >= 15 is 0 Å². The highest BCUT2D eigenvalue weighted by Crippen LogP contribution is 2.23. The summed E-state index contributed by atoms with van der Waals surface area (Å²) in [6, 6.07) is 26.5. The number of rotatable bonds is 12. The number of carbonyl (C=O) groups is 2. The molecule has 0 bridgehead atoms. The molecular weight excluding hydrogens is 464 g/mol. The minimum atomic E-state index is -0.639. The Balaban J connectivity index is 1.89. The topological polar surface area (TPSA) is 49.4 Å². The molecule has 2 amide bonds. The summed E-state index contributed by atoms with van der Waals surface area (Å²) in [4.78, 5) is 29.7.